The zero-order valence-corrected chi connectivity index (χ0v) is 19.1. The highest BCUT2D eigenvalue weighted by Gasteiger charge is 2.17. The summed E-state index contributed by atoms with van der Waals surface area (Å²) in [4.78, 5) is 6.56. The molecule has 0 amide bonds. The van der Waals surface area contributed by atoms with Crippen molar-refractivity contribution in [3.63, 3.8) is 0 Å². The van der Waals surface area contributed by atoms with Crippen molar-refractivity contribution >= 4 is 28.1 Å². The van der Waals surface area contributed by atoms with E-state index in [1.807, 2.05) is 60.1 Å². The van der Waals surface area contributed by atoms with Crippen molar-refractivity contribution in [2.75, 3.05) is 14.1 Å². The Kier molecular flexibility index (Phi) is 5.59. The number of aryl methyl sites for hydroxylation is 1. The molecule has 2 heterocycles. The number of aliphatic imine (C=N–C) groups is 1. The van der Waals surface area contributed by atoms with Crippen LogP contribution in [0.3, 0.4) is 0 Å². The molecule has 0 spiro atoms. The van der Waals surface area contributed by atoms with Crippen molar-refractivity contribution in [1.29, 1.82) is 0 Å². The number of aromatic nitrogens is 3. The first-order valence-electron chi connectivity index (χ1n) is 9.75. The van der Waals surface area contributed by atoms with Gasteiger partial charge in [0.05, 0.1) is 17.7 Å². The van der Waals surface area contributed by atoms with Crippen LogP contribution in [0, 0.1) is 13.8 Å². The van der Waals surface area contributed by atoms with Crippen LogP contribution in [0.4, 0.5) is 5.82 Å². The molecule has 0 unspecified atom stereocenters. The maximum absolute atomic E-state index is 4.92. The van der Waals surface area contributed by atoms with Gasteiger partial charge in [0.15, 0.2) is 5.82 Å². The van der Waals surface area contributed by atoms with Crippen LogP contribution >= 0.6 is 15.9 Å². The van der Waals surface area contributed by atoms with E-state index >= 15 is 0 Å². The van der Waals surface area contributed by atoms with E-state index in [1.54, 1.807) is 6.34 Å². The van der Waals surface area contributed by atoms with Crippen molar-refractivity contribution in [1.82, 2.24) is 19.2 Å². The lowest BCUT2D eigenvalue weighted by Crippen LogP contribution is -2.07. The summed E-state index contributed by atoms with van der Waals surface area (Å²) in [6.07, 6.45) is 1.80. The Morgan fingerprint density at radius 1 is 0.933 bits per heavy atom. The maximum Gasteiger partial charge on any atom is 0.157 e. The Hall–Kier alpha value is -3.12. The molecule has 2 aromatic heterocycles. The van der Waals surface area contributed by atoms with Crippen LogP contribution in [-0.4, -0.2) is 39.7 Å². The molecule has 0 fully saturated rings. The maximum atomic E-state index is 4.92. The van der Waals surface area contributed by atoms with E-state index in [4.69, 9.17) is 5.10 Å². The van der Waals surface area contributed by atoms with Gasteiger partial charge in [-0.1, -0.05) is 34.1 Å². The second-order valence-corrected chi connectivity index (χ2v) is 8.36. The average molecular weight is 462 g/mol. The van der Waals surface area contributed by atoms with Gasteiger partial charge in [-0.3, -0.25) is 0 Å². The third-order valence-corrected chi connectivity index (χ3v) is 5.43. The van der Waals surface area contributed by atoms with Crippen molar-refractivity contribution < 1.29 is 0 Å². The predicted molar refractivity (Wildman–Crippen MR) is 127 cm³/mol. The molecule has 0 saturated carbocycles. The second-order valence-electron chi connectivity index (χ2n) is 7.44. The lowest BCUT2D eigenvalue weighted by Gasteiger charge is -2.09. The Labute approximate surface area is 185 Å². The van der Waals surface area contributed by atoms with Gasteiger partial charge in [0.1, 0.15) is 0 Å². The molecule has 4 aromatic rings. The molecule has 0 aliphatic carbocycles. The first kappa shape index (κ1) is 20.2. The predicted octanol–water partition coefficient (Wildman–Crippen LogP) is 5.93. The van der Waals surface area contributed by atoms with Crippen LogP contribution in [0.2, 0.25) is 0 Å². The van der Waals surface area contributed by atoms with E-state index in [0.29, 0.717) is 0 Å². The fourth-order valence-corrected chi connectivity index (χ4v) is 3.80. The Balaban J connectivity index is 1.83. The van der Waals surface area contributed by atoms with Gasteiger partial charge < -0.3 is 9.47 Å². The fourth-order valence-electron chi connectivity index (χ4n) is 3.54. The minimum atomic E-state index is 0.790. The summed E-state index contributed by atoms with van der Waals surface area (Å²) >= 11 is 3.52. The summed E-state index contributed by atoms with van der Waals surface area (Å²) in [5.74, 6) is 0.790. The molecule has 152 valence electrons. The highest BCUT2D eigenvalue weighted by atomic mass is 79.9. The van der Waals surface area contributed by atoms with Gasteiger partial charge in [-0.15, -0.1) is 0 Å². The van der Waals surface area contributed by atoms with Crippen molar-refractivity contribution in [3.05, 3.63) is 82.6 Å². The van der Waals surface area contributed by atoms with Crippen LogP contribution < -0.4 is 0 Å². The summed E-state index contributed by atoms with van der Waals surface area (Å²) in [7, 11) is 3.92. The van der Waals surface area contributed by atoms with Gasteiger partial charge >= 0.3 is 0 Å². The fraction of sp³-hybridized carbons (Fsp3) is 0.167. The molecule has 2 aromatic carbocycles. The number of halogens is 1. The third-order valence-electron chi connectivity index (χ3n) is 4.90. The standard InChI is InChI=1S/C24H24BrN5/c1-17-14-22(18(2)29(17)20-12-10-19(25)11-13-20)23-15-24(26-16-28(3)4)30(27-23)21-8-6-5-7-9-21/h5-16H,1-4H3/b26-16+. The molecule has 0 radical (unpaired) electrons. The molecule has 0 N–H and O–H groups in total. The monoisotopic (exact) mass is 461 g/mol. The Bertz CT molecular complexity index is 1180. The first-order valence-corrected chi connectivity index (χ1v) is 10.5. The largest absolute Gasteiger partial charge is 0.369 e. The van der Waals surface area contributed by atoms with Crippen LogP contribution in [0.5, 0.6) is 0 Å². The molecule has 0 bridgehead atoms. The van der Waals surface area contributed by atoms with Crippen LogP contribution in [0.15, 0.2) is 76.2 Å². The highest BCUT2D eigenvalue weighted by Crippen LogP contribution is 2.32. The van der Waals surface area contributed by atoms with Gasteiger partial charge in [0.25, 0.3) is 0 Å². The van der Waals surface area contributed by atoms with Crippen molar-refractivity contribution in [3.8, 4) is 22.6 Å². The second kappa shape index (κ2) is 8.32. The molecule has 6 heteroatoms. The normalized spacial score (nSPS) is 11.4. The summed E-state index contributed by atoms with van der Waals surface area (Å²) in [6.45, 7) is 4.26. The number of rotatable bonds is 5. The lowest BCUT2D eigenvalue weighted by atomic mass is 10.2. The van der Waals surface area contributed by atoms with Gasteiger partial charge in [-0.25, -0.2) is 9.67 Å². The van der Waals surface area contributed by atoms with Gasteiger partial charge in [0, 0.05) is 47.3 Å². The summed E-state index contributed by atoms with van der Waals surface area (Å²) in [6, 6.07) is 22.7. The van der Waals surface area contributed by atoms with Gasteiger partial charge in [-0.2, -0.15) is 5.10 Å². The molecule has 5 nitrogen and oxygen atoms in total. The van der Waals surface area contributed by atoms with Crippen LogP contribution in [0.25, 0.3) is 22.6 Å². The van der Waals surface area contributed by atoms with Gasteiger partial charge in [-0.05, 0) is 56.3 Å². The third kappa shape index (κ3) is 3.96. The van der Waals surface area contributed by atoms with E-state index in [1.165, 1.54) is 0 Å². The summed E-state index contributed by atoms with van der Waals surface area (Å²) in [5, 5.41) is 4.92. The van der Waals surface area contributed by atoms with E-state index in [2.05, 4.69) is 69.7 Å². The molecule has 30 heavy (non-hydrogen) atoms. The van der Waals surface area contributed by atoms with Crippen molar-refractivity contribution in [2.45, 2.75) is 13.8 Å². The number of para-hydroxylation sites is 1. The quantitative estimate of drug-likeness (QED) is 0.272. The molecular formula is C24H24BrN5. The van der Waals surface area contributed by atoms with E-state index in [0.717, 1.165) is 44.3 Å². The Morgan fingerprint density at radius 3 is 2.30 bits per heavy atom. The number of hydrogen-bond donors (Lipinski definition) is 0. The minimum Gasteiger partial charge on any atom is -0.369 e. The molecule has 0 saturated heterocycles. The first-order chi connectivity index (χ1) is 14.4. The van der Waals surface area contributed by atoms with Crippen LogP contribution in [0.1, 0.15) is 11.4 Å². The van der Waals surface area contributed by atoms with Crippen LogP contribution in [-0.2, 0) is 0 Å². The van der Waals surface area contributed by atoms with E-state index < -0.39 is 0 Å². The topological polar surface area (TPSA) is 38.4 Å². The number of nitrogens with zero attached hydrogens (tertiary/aromatic N) is 5. The lowest BCUT2D eigenvalue weighted by molar-refractivity contribution is 0.642. The Morgan fingerprint density at radius 2 is 1.63 bits per heavy atom. The molecule has 0 aliphatic heterocycles. The summed E-state index contributed by atoms with van der Waals surface area (Å²) in [5.41, 5.74) is 6.44. The zero-order chi connectivity index (χ0) is 21.3. The molecular weight excluding hydrogens is 438 g/mol. The SMILES string of the molecule is Cc1cc(-c2cc(/N=C/N(C)C)n(-c3ccccc3)n2)c(C)n1-c1ccc(Br)cc1. The minimum absolute atomic E-state index is 0.790. The number of hydrogen-bond acceptors (Lipinski definition) is 2. The van der Waals surface area contributed by atoms with E-state index in [9.17, 15) is 0 Å². The highest BCUT2D eigenvalue weighted by molar-refractivity contribution is 9.10. The molecule has 0 aliphatic rings. The zero-order valence-electron chi connectivity index (χ0n) is 17.5. The molecule has 0 atom stereocenters. The average Bonchev–Trinajstić information content (AvgIpc) is 3.28. The van der Waals surface area contributed by atoms with E-state index in [-0.39, 0.29) is 0 Å². The summed E-state index contributed by atoms with van der Waals surface area (Å²) < 4.78 is 5.21. The van der Waals surface area contributed by atoms with Crippen molar-refractivity contribution in [2.24, 2.45) is 4.99 Å². The molecule has 4 rings (SSSR count). The van der Waals surface area contributed by atoms with Gasteiger partial charge in [0.2, 0.25) is 0 Å². The number of benzene rings is 2. The smallest absolute Gasteiger partial charge is 0.157 e.